The number of rotatable bonds is 4. The van der Waals surface area contributed by atoms with Crippen molar-refractivity contribution in [3.8, 4) is 11.1 Å². The Labute approximate surface area is 147 Å². The van der Waals surface area contributed by atoms with Crippen LogP contribution in [0.4, 0.5) is 5.69 Å². The standard InChI is InChI=1S/C22H21NO2/c1-14-6-8-15(9-7-14)13-23-20-19(21(24)22(20)25)18-11-10-16-4-2-3-5-17(16)12-18/h6-12,23H,2-5,13H2,1H3. The lowest BCUT2D eigenvalue weighted by Crippen LogP contribution is -2.36. The third-order valence-corrected chi connectivity index (χ3v) is 5.14. The van der Waals surface area contributed by atoms with Crippen molar-refractivity contribution in [2.75, 3.05) is 5.32 Å². The van der Waals surface area contributed by atoms with Crippen molar-refractivity contribution in [2.45, 2.75) is 39.2 Å². The summed E-state index contributed by atoms with van der Waals surface area (Å²) in [6.07, 6.45) is 4.60. The highest BCUT2D eigenvalue weighted by Gasteiger charge is 2.23. The fourth-order valence-electron chi connectivity index (χ4n) is 3.62. The van der Waals surface area contributed by atoms with Crippen LogP contribution in [-0.4, -0.2) is 0 Å². The molecule has 1 N–H and O–H groups in total. The van der Waals surface area contributed by atoms with E-state index in [1.807, 2.05) is 37.3 Å². The molecule has 3 nitrogen and oxygen atoms in total. The van der Waals surface area contributed by atoms with Crippen molar-refractivity contribution >= 4 is 5.69 Å². The van der Waals surface area contributed by atoms with E-state index in [0.29, 0.717) is 17.8 Å². The maximum atomic E-state index is 12.1. The lowest BCUT2D eigenvalue weighted by atomic mass is 9.88. The van der Waals surface area contributed by atoms with Crippen LogP contribution >= 0.6 is 0 Å². The molecule has 0 spiro atoms. The molecule has 0 unspecified atom stereocenters. The molecule has 0 bridgehead atoms. The third kappa shape index (κ3) is 2.91. The summed E-state index contributed by atoms with van der Waals surface area (Å²) < 4.78 is 0. The van der Waals surface area contributed by atoms with Crippen molar-refractivity contribution in [1.29, 1.82) is 0 Å². The van der Waals surface area contributed by atoms with Gasteiger partial charge in [0.05, 0.1) is 11.3 Å². The molecule has 0 atom stereocenters. The van der Waals surface area contributed by atoms with E-state index in [9.17, 15) is 9.59 Å². The first-order chi connectivity index (χ1) is 12.1. The summed E-state index contributed by atoms with van der Waals surface area (Å²) in [4.78, 5) is 24.2. The van der Waals surface area contributed by atoms with E-state index >= 15 is 0 Å². The quantitative estimate of drug-likeness (QED) is 0.741. The van der Waals surface area contributed by atoms with Crippen LogP contribution < -0.4 is 16.2 Å². The molecule has 25 heavy (non-hydrogen) atoms. The Morgan fingerprint density at radius 1 is 0.880 bits per heavy atom. The van der Waals surface area contributed by atoms with Gasteiger partial charge in [-0.2, -0.15) is 0 Å². The molecule has 3 aromatic carbocycles. The van der Waals surface area contributed by atoms with Crippen LogP contribution in [0.15, 0.2) is 52.1 Å². The van der Waals surface area contributed by atoms with Crippen molar-refractivity contribution < 1.29 is 0 Å². The average molecular weight is 331 g/mol. The van der Waals surface area contributed by atoms with Gasteiger partial charge in [-0.05, 0) is 54.9 Å². The monoisotopic (exact) mass is 331 g/mol. The van der Waals surface area contributed by atoms with Crippen LogP contribution in [0.3, 0.4) is 0 Å². The minimum absolute atomic E-state index is 0.373. The smallest absolute Gasteiger partial charge is 0.250 e. The fraction of sp³-hybridized carbons (Fsp3) is 0.273. The maximum absolute atomic E-state index is 12.1. The van der Waals surface area contributed by atoms with Gasteiger partial charge in [-0.1, -0.05) is 48.0 Å². The molecule has 0 aliphatic heterocycles. The van der Waals surface area contributed by atoms with Gasteiger partial charge in [0, 0.05) is 6.54 Å². The Bertz CT molecular complexity index is 992. The lowest BCUT2D eigenvalue weighted by Gasteiger charge is -2.18. The van der Waals surface area contributed by atoms with Crippen LogP contribution in [-0.2, 0) is 19.4 Å². The fourth-order valence-corrected chi connectivity index (χ4v) is 3.62. The molecule has 0 radical (unpaired) electrons. The summed E-state index contributed by atoms with van der Waals surface area (Å²) >= 11 is 0. The van der Waals surface area contributed by atoms with Gasteiger partial charge >= 0.3 is 0 Å². The zero-order valence-electron chi connectivity index (χ0n) is 14.4. The Kier molecular flexibility index (Phi) is 4.00. The topological polar surface area (TPSA) is 46.2 Å². The van der Waals surface area contributed by atoms with Gasteiger partial charge in [0.1, 0.15) is 0 Å². The Morgan fingerprint density at radius 3 is 2.36 bits per heavy atom. The van der Waals surface area contributed by atoms with E-state index in [4.69, 9.17) is 0 Å². The largest absolute Gasteiger partial charge is 0.377 e. The first-order valence-corrected chi connectivity index (χ1v) is 8.88. The highest BCUT2D eigenvalue weighted by molar-refractivity contribution is 5.82. The third-order valence-electron chi connectivity index (χ3n) is 5.14. The average Bonchev–Trinajstić information content (AvgIpc) is 2.65. The Balaban J connectivity index is 1.61. The molecule has 3 aromatic rings. The van der Waals surface area contributed by atoms with Gasteiger partial charge in [0.25, 0.3) is 0 Å². The van der Waals surface area contributed by atoms with E-state index in [0.717, 1.165) is 24.0 Å². The van der Waals surface area contributed by atoms with Gasteiger partial charge in [0.15, 0.2) is 0 Å². The summed E-state index contributed by atoms with van der Waals surface area (Å²) in [5, 5.41) is 3.17. The number of hydrogen-bond acceptors (Lipinski definition) is 3. The molecule has 1 aliphatic rings. The minimum atomic E-state index is -0.403. The Hall–Kier alpha value is -2.68. The van der Waals surface area contributed by atoms with Crippen LogP contribution in [0.5, 0.6) is 0 Å². The highest BCUT2D eigenvalue weighted by Crippen LogP contribution is 2.29. The second-order valence-electron chi connectivity index (χ2n) is 6.94. The zero-order valence-corrected chi connectivity index (χ0v) is 14.4. The van der Waals surface area contributed by atoms with Crippen LogP contribution in [0.1, 0.15) is 35.1 Å². The minimum Gasteiger partial charge on any atom is -0.377 e. The van der Waals surface area contributed by atoms with E-state index in [1.54, 1.807) is 0 Å². The van der Waals surface area contributed by atoms with Crippen LogP contribution in [0.25, 0.3) is 11.1 Å². The van der Waals surface area contributed by atoms with Crippen molar-refractivity contribution in [3.63, 3.8) is 0 Å². The number of fused-ring (bicyclic) bond motifs is 1. The molecule has 0 saturated heterocycles. The summed E-state index contributed by atoms with van der Waals surface area (Å²) in [6.45, 7) is 2.59. The van der Waals surface area contributed by atoms with E-state index in [-0.39, 0.29) is 5.43 Å². The number of aryl methyl sites for hydroxylation is 3. The zero-order chi connectivity index (χ0) is 17.4. The molecule has 0 saturated carbocycles. The molecule has 0 amide bonds. The first-order valence-electron chi connectivity index (χ1n) is 8.88. The first kappa shape index (κ1) is 15.8. The van der Waals surface area contributed by atoms with E-state index < -0.39 is 5.43 Å². The summed E-state index contributed by atoms with van der Waals surface area (Å²) in [7, 11) is 0. The number of hydrogen-bond donors (Lipinski definition) is 1. The summed E-state index contributed by atoms with van der Waals surface area (Å²) in [6, 6.07) is 14.4. The Morgan fingerprint density at radius 2 is 1.60 bits per heavy atom. The van der Waals surface area contributed by atoms with Crippen molar-refractivity contribution in [3.05, 3.63) is 85.2 Å². The lowest BCUT2D eigenvalue weighted by molar-refractivity contribution is 0.686. The molecule has 4 rings (SSSR count). The molecule has 0 heterocycles. The van der Waals surface area contributed by atoms with Gasteiger partial charge in [-0.3, -0.25) is 9.59 Å². The van der Waals surface area contributed by atoms with Gasteiger partial charge in [-0.15, -0.1) is 0 Å². The molecular weight excluding hydrogens is 310 g/mol. The van der Waals surface area contributed by atoms with Crippen molar-refractivity contribution in [1.82, 2.24) is 0 Å². The SMILES string of the molecule is Cc1ccc(CNc2c(-c3ccc4c(c3)CCCC4)c(=O)c2=O)cc1. The molecule has 126 valence electrons. The summed E-state index contributed by atoms with van der Waals surface area (Å²) in [5.74, 6) is 0. The highest BCUT2D eigenvalue weighted by atomic mass is 16.2. The number of benzene rings is 2. The second-order valence-corrected chi connectivity index (χ2v) is 6.94. The summed E-state index contributed by atoms with van der Waals surface area (Å²) in [5.41, 5.74) is 6.09. The van der Waals surface area contributed by atoms with Crippen LogP contribution in [0, 0.1) is 6.92 Å². The number of nitrogens with one attached hydrogen (secondary N) is 1. The maximum Gasteiger partial charge on any atom is 0.250 e. The molecule has 1 aliphatic carbocycles. The van der Waals surface area contributed by atoms with Gasteiger partial charge in [-0.25, -0.2) is 0 Å². The predicted molar refractivity (Wildman–Crippen MR) is 102 cm³/mol. The van der Waals surface area contributed by atoms with Gasteiger partial charge in [0.2, 0.25) is 10.9 Å². The van der Waals surface area contributed by atoms with Crippen molar-refractivity contribution in [2.24, 2.45) is 0 Å². The predicted octanol–water partition coefficient (Wildman–Crippen LogP) is 3.75. The molecule has 3 heteroatoms. The normalized spacial score (nSPS) is 13.6. The molecule has 0 fully saturated rings. The van der Waals surface area contributed by atoms with Gasteiger partial charge < -0.3 is 5.32 Å². The van der Waals surface area contributed by atoms with E-state index in [1.165, 1.54) is 29.5 Å². The molecule has 0 aromatic heterocycles. The van der Waals surface area contributed by atoms with Crippen LogP contribution in [0.2, 0.25) is 0 Å². The molecular formula is C22H21NO2. The van der Waals surface area contributed by atoms with E-state index in [2.05, 4.69) is 17.4 Å². The second kappa shape index (κ2) is 6.32. The number of anilines is 1.